The number of aliphatic imine (C=N–C) groups is 1. The van der Waals surface area contributed by atoms with Crippen molar-refractivity contribution < 1.29 is 13.9 Å². The van der Waals surface area contributed by atoms with E-state index < -0.39 is 0 Å². The van der Waals surface area contributed by atoms with Crippen LogP contribution in [-0.2, 0) is 4.74 Å². The Morgan fingerprint density at radius 3 is 2.16 bits per heavy atom. The van der Waals surface area contributed by atoms with Gasteiger partial charge in [0, 0.05) is 12.3 Å². The molecule has 1 aliphatic rings. The van der Waals surface area contributed by atoms with Crippen LogP contribution in [0.1, 0.15) is 96.0 Å². The van der Waals surface area contributed by atoms with E-state index >= 15 is 0 Å². The second-order valence-electron chi connectivity index (χ2n) is 6.91. The van der Waals surface area contributed by atoms with E-state index in [4.69, 9.17) is 13.9 Å². The molecule has 0 saturated heterocycles. The molecule has 1 aromatic rings. The molecule has 0 N–H and O–H groups in total. The summed E-state index contributed by atoms with van der Waals surface area (Å²) >= 11 is 0. The SMILES string of the molecule is CCCCCCCCCCCCCCOc1ccc(C2N=CCO2)o1. The van der Waals surface area contributed by atoms with Crippen molar-refractivity contribution in [2.45, 2.75) is 90.2 Å². The molecule has 25 heavy (non-hydrogen) atoms. The van der Waals surface area contributed by atoms with Gasteiger partial charge < -0.3 is 13.9 Å². The molecule has 4 nitrogen and oxygen atoms in total. The van der Waals surface area contributed by atoms with Crippen LogP contribution < -0.4 is 4.74 Å². The number of rotatable bonds is 15. The lowest BCUT2D eigenvalue weighted by Gasteiger charge is -2.05. The van der Waals surface area contributed by atoms with Crippen molar-refractivity contribution in [3.05, 3.63) is 17.9 Å². The molecule has 1 atom stereocenters. The number of hydrogen-bond acceptors (Lipinski definition) is 4. The molecule has 2 heterocycles. The molecule has 0 radical (unpaired) electrons. The average molecular weight is 350 g/mol. The maximum Gasteiger partial charge on any atom is 0.284 e. The second-order valence-corrected chi connectivity index (χ2v) is 6.91. The number of furan rings is 1. The minimum atomic E-state index is -0.288. The Bertz CT molecular complexity index is 469. The molecule has 1 aromatic heterocycles. The maximum atomic E-state index is 5.66. The van der Waals surface area contributed by atoms with Gasteiger partial charge in [0.05, 0.1) is 13.2 Å². The fourth-order valence-corrected chi connectivity index (χ4v) is 3.13. The van der Waals surface area contributed by atoms with Gasteiger partial charge in [0.2, 0.25) is 6.23 Å². The lowest BCUT2D eigenvalue weighted by Crippen LogP contribution is -1.96. The first-order valence-corrected chi connectivity index (χ1v) is 10.3. The summed E-state index contributed by atoms with van der Waals surface area (Å²) in [6.07, 6.45) is 17.7. The number of ether oxygens (including phenoxy) is 2. The predicted octanol–water partition coefficient (Wildman–Crippen LogP) is 6.46. The zero-order chi connectivity index (χ0) is 17.6. The van der Waals surface area contributed by atoms with Gasteiger partial charge >= 0.3 is 0 Å². The van der Waals surface area contributed by atoms with Crippen LogP contribution in [0.2, 0.25) is 0 Å². The van der Waals surface area contributed by atoms with Crippen LogP contribution in [-0.4, -0.2) is 19.4 Å². The zero-order valence-electron chi connectivity index (χ0n) is 15.9. The molecule has 142 valence electrons. The van der Waals surface area contributed by atoms with Gasteiger partial charge in [0.25, 0.3) is 5.95 Å². The van der Waals surface area contributed by atoms with Gasteiger partial charge in [-0.25, -0.2) is 0 Å². The molecule has 0 aliphatic carbocycles. The van der Waals surface area contributed by atoms with Crippen molar-refractivity contribution in [2.24, 2.45) is 4.99 Å². The fourth-order valence-electron chi connectivity index (χ4n) is 3.13. The molecule has 1 unspecified atom stereocenters. The highest BCUT2D eigenvalue weighted by Crippen LogP contribution is 2.27. The van der Waals surface area contributed by atoms with Crippen molar-refractivity contribution in [1.82, 2.24) is 0 Å². The minimum Gasteiger partial charge on any atom is -0.465 e. The smallest absolute Gasteiger partial charge is 0.284 e. The van der Waals surface area contributed by atoms with E-state index in [2.05, 4.69) is 11.9 Å². The Morgan fingerprint density at radius 2 is 1.56 bits per heavy atom. The van der Waals surface area contributed by atoms with Gasteiger partial charge in [-0.3, -0.25) is 4.99 Å². The van der Waals surface area contributed by atoms with Gasteiger partial charge in [-0.15, -0.1) is 0 Å². The topological polar surface area (TPSA) is 44.0 Å². The van der Waals surface area contributed by atoms with Crippen LogP contribution in [0.3, 0.4) is 0 Å². The van der Waals surface area contributed by atoms with E-state index in [9.17, 15) is 0 Å². The third-order valence-electron chi connectivity index (χ3n) is 4.66. The van der Waals surface area contributed by atoms with Gasteiger partial charge in [0.1, 0.15) is 0 Å². The standard InChI is InChI=1S/C21H35NO3/c1-2-3-4-5-6-7-8-9-10-11-12-13-17-23-20-15-14-19(25-20)21-22-16-18-24-21/h14-16,21H,2-13,17-18H2,1H3. The van der Waals surface area contributed by atoms with Crippen LogP contribution in [0, 0.1) is 0 Å². The van der Waals surface area contributed by atoms with E-state index in [0.717, 1.165) is 18.8 Å². The molecular weight excluding hydrogens is 314 g/mol. The predicted molar refractivity (Wildman–Crippen MR) is 102 cm³/mol. The van der Waals surface area contributed by atoms with Crippen LogP contribution in [0.5, 0.6) is 5.95 Å². The van der Waals surface area contributed by atoms with Gasteiger partial charge in [-0.1, -0.05) is 77.6 Å². The third-order valence-corrected chi connectivity index (χ3v) is 4.66. The summed E-state index contributed by atoms with van der Waals surface area (Å²) in [6, 6.07) is 3.73. The fraction of sp³-hybridized carbons (Fsp3) is 0.762. The first-order valence-electron chi connectivity index (χ1n) is 10.3. The van der Waals surface area contributed by atoms with Crippen molar-refractivity contribution in [3.63, 3.8) is 0 Å². The Labute approximate surface area is 153 Å². The summed E-state index contributed by atoms with van der Waals surface area (Å²) in [5, 5.41) is 0. The first-order chi connectivity index (χ1) is 12.4. The lowest BCUT2D eigenvalue weighted by molar-refractivity contribution is 0.0863. The molecule has 1 aliphatic heterocycles. The van der Waals surface area contributed by atoms with Gasteiger partial charge in [-0.2, -0.15) is 0 Å². The van der Waals surface area contributed by atoms with Crippen LogP contribution >= 0.6 is 0 Å². The molecular formula is C21H35NO3. The van der Waals surface area contributed by atoms with Crippen LogP contribution in [0.4, 0.5) is 0 Å². The summed E-state index contributed by atoms with van der Waals surface area (Å²) in [5.74, 6) is 1.29. The summed E-state index contributed by atoms with van der Waals surface area (Å²) < 4.78 is 16.7. The summed E-state index contributed by atoms with van der Waals surface area (Å²) in [5.41, 5.74) is 0. The van der Waals surface area contributed by atoms with E-state index in [0.29, 0.717) is 12.6 Å². The molecule has 0 saturated carbocycles. The van der Waals surface area contributed by atoms with Crippen molar-refractivity contribution in [2.75, 3.05) is 13.2 Å². The lowest BCUT2D eigenvalue weighted by atomic mass is 10.1. The summed E-state index contributed by atoms with van der Waals surface area (Å²) in [6.45, 7) is 3.55. The molecule has 0 fully saturated rings. The minimum absolute atomic E-state index is 0.288. The van der Waals surface area contributed by atoms with Crippen LogP contribution in [0.15, 0.2) is 21.5 Å². The second kappa shape index (κ2) is 13.0. The number of unbranched alkanes of at least 4 members (excludes halogenated alkanes) is 11. The molecule has 0 bridgehead atoms. The Kier molecular flexibility index (Phi) is 10.4. The Balaban J connectivity index is 1.37. The largest absolute Gasteiger partial charge is 0.465 e. The summed E-state index contributed by atoms with van der Waals surface area (Å²) in [4.78, 5) is 4.19. The van der Waals surface area contributed by atoms with Crippen molar-refractivity contribution in [3.8, 4) is 5.95 Å². The maximum absolute atomic E-state index is 5.66. The number of nitrogens with zero attached hydrogens (tertiary/aromatic N) is 1. The highest BCUT2D eigenvalue weighted by atomic mass is 16.6. The normalized spacial score (nSPS) is 16.6. The molecule has 0 spiro atoms. The zero-order valence-corrected chi connectivity index (χ0v) is 15.9. The average Bonchev–Trinajstić information content (AvgIpc) is 3.30. The molecule has 2 rings (SSSR count). The van der Waals surface area contributed by atoms with Crippen molar-refractivity contribution >= 4 is 6.21 Å². The van der Waals surface area contributed by atoms with Gasteiger partial charge in [-0.05, 0) is 12.5 Å². The third kappa shape index (κ3) is 8.57. The Hall–Kier alpha value is -1.29. The molecule has 4 heteroatoms. The van der Waals surface area contributed by atoms with E-state index in [1.807, 2.05) is 12.1 Å². The monoisotopic (exact) mass is 349 g/mol. The molecule has 0 amide bonds. The Morgan fingerprint density at radius 1 is 0.920 bits per heavy atom. The van der Waals surface area contributed by atoms with Gasteiger partial charge in [0.15, 0.2) is 5.76 Å². The molecule has 0 aromatic carbocycles. The van der Waals surface area contributed by atoms with E-state index in [1.54, 1.807) is 6.21 Å². The van der Waals surface area contributed by atoms with E-state index in [1.165, 1.54) is 70.6 Å². The number of hydrogen-bond donors (Lipinski definition) is 0. The first kappa shape index (κ1) is 20.0. The quantitative estimate of drug-likeness (QED) is 0.341. The van der Waals surface area contributed by atoms with Crippen LogP contribution in [0.25, 0.3) is 0 Å². The van der Waals surface area contributed by atoms with E-state index in [-0.39, 0.29) is 6.23 Å². The highest BCUT2D eigenvalue weighted by molar-refractivity contribution is 5.60. The summed E-state index contributed by atoms with van der Waals surface area (Å²) in [7, 11) is 0. The highest BCUT2D eigenvalue weighted by Gasteiger charge is 2.17. The van der Waals surface area contributed by atoms with Crippen molar-refractivity contribution in [1.29, 1.82) is 0 Å².